The standard InChI is InChI=1S/C12H13N3O3/c1-8-14-11(18-15-8)6-7-13-10-4-2-9(3-5-10)12(16)17/h2-5,13H,6-7H2,1H3,(H,16,17). The molecule has 0 saturated carbocycles. The van der Waals surface area contributed by atoms with E-state index in [1.54, 1.807) is 31.2 Å². The molecule has 0 aliphatic heterocycles. The molecule has 2 aromatic rings. The monoisotopic (exact) mass is 247 g/mol. The number of benzene rings is 1. The van der Waals surface area contributed by atoms with E-state index in [1.807, 2.05) is 0 Å². The molecule has 0 amide bonds. The van der Waals surface area contributed by atoms with E-state index < -0.39 is 5.97 Å². The first-order valence-electron chi connectivity index (χ1n) is 5.51. The zero-order chi connectivity index (χ0) is 13.0. The SMILES string of the molecule is Cc1noc(CCNc2ccc(C(=O)O)cc2)n1. The van der Waals surface area contributed by atoms with Crippen molar-refractivity contribution in [3.8, 4) is 0 Å². The summed E-state index contributed by atoms with van der Waals surface area (Å²) < 4.78 is 4.97. The number of carboxylic acids is 1. The van der Waals surface area contributed by atoms with E-state index in [1.165, 1.54) is 0 Å². The Bertz CT molecular complexity index is 534. The first-order chi connectivity index (χ1) is 8.65. The van der Waals surface area contributed by atoms with Gasteiger partial charge < -0.3 is 14.9 Å². The van der Waals surface area contributed by atoms with Gasteiger partial charge in [0.05, 0.1) is 5.56 Å². The van der Waals surface area contributed by atoms with Gasteiger partial charge in [-0.3, -0.25) is 0 Å². The van der Waals surface area contributed by atoms with Crippen LogP contribution in [0, 0.1) is 6.92 Å². The first kappa shape index (κ1) is 12.1. The molecule has 0 fully saturated rings. The summed E-state index contributed by atoms with van der Waals surface area (Å²) in [7, 11) is 0. The Hall–Kier alpha value is -2.37. The second-order valence-corrected chi connectivity index (χ2v) is 3.79. The molecule has 0 radical (unpaired) electrons. The van der Waals surface area contributed by atoms with E-state index in [4.69, 9.17) is 9.63 Å². The highest BCUT2D eigenvalue weighted by Gasteiger charge is 2.03. The lowest BCUT2D eigenvalue weighted by Crippen LogP contribution is -2.05. The topological polar surface area (TPSA) is 88.2 Å². The fourth-order valence-corrected chi connectivity index (χ4v) is 1.49. The average Bonchev–Trinajstić information content (AvgIpc) is 2.76. The highest BCUT2D eigenvalue weighted by molar-refractivity contribution is 5.87. The van der Waals surface area contributed by atoms with Crippen LogP contribution in [0.15, 0.2) is 28.8 Å². The van der Waals surface area contributed by atoms with Crippen LogP contribution in [0.5, 0.6) is 0 Å². The summed E-state index contributed by atoms with van der Waals surface area (Å²) in [5, 5.41) is 15.6. The van der Waals surface area contributed by atoms with E-state index in [2.05, 4.69) is 15.5 Å². The number of carboxylic acid groups (broad SMARTS) is 1. The Labute approximate surface area is 104 Å². The van der Waals surface area contributed by atoms with Crippen LogP contribution in [-0.2, 0) is 6.42 Å². The molecule has 1 aromatic carbocycles. The van der Waals surface area contributed by atoms with E-state index in [9.17, 15) is 4.79 Å². The molecule has 94 valence electrons. The molecule has 0 spiro atoms. The number of nitrogens with zero attached hydrogens (tertiary/aromatic N) is 2. The Morgan fingerprint density at radius 2 is 2.11 bits per heavy atom. The molecular weight excluding hydrogens is 234 g/mol. The Balaban J connectivity index is 1.85. The zero-order valence-electron chi connectivity index (χ0n) is 9.88. The largest absolute Gasteiger partial charge is 0.478 e. The lowest BCUT2D eigenvalue weighted by Gasteiger charge is -2.04. The highest BCUT2D eigenvalue weighted by Crippen LogP contribution is 2.09. The van der Waals surface area contributed by atoms with Crippen LogP contribution in [-0.4, -0.2) is 27.8 Å². The Morgan fingerprint density at radius 1 is 1.39 bits per heavy atom. The van der Waals surface area contributed by atoms with Crippen molar-refractivity contribution < 1.29 is 14.4 Å². The van der Waals surface area contributed by atoms with Crippen molar-refractivity contribution in [1.29, 1.82) is 0 Å². The number of anilines is 1. The lowest BCUT2D eigenvalue weighted by molar-refractivity contribution is 0.0697. The molecule has 1 heterocycles. The van der Waals surface area contributed by atoms with Crippen LogP contribution in [0.3, 0.4) is 0 Å². The molecular formula is C12H13N3O3. The zero-order valence-corrected chi connectivity index (χ0v) is 9.88. The number of rotatable bonds is 5. The van der Waals surface area contributed by atoms with Gasteiger partial charge in [-0.05, 0) is 31.2 Å². The molecule has 6 heteroatoms. The number of carbonyl (C=O) groups is 1. The maximum atomic E-state index is 10.7. The van der Waals surface area contributed by atoms with Crippen molar-refractivity contribution in [3.05, 3.63) is 41.5 Å². The number of aryl methyl sites for hydroxylation is 1. The summed E-state index contributed by atoms with van der Waals surface area (Å²) in [4.78, 5) is 14.7. The van der Waals surface area contributed by atoms with Gasteiger partial charge in [0.1, 0.15) is 0 Å². The quantitative estimate of drug-likeness (QED) is 0.836. The summed E-state index contributed by atoms with van der Waals surface area (Å²) in [6.45, 7) is 2.42. The fraction of sp³-hybridized carbons (Fsp3) is 0.250. The third-order valence-electron chi connectivity index (χ3n) is 2.37. The van der Waals surface area contributed by atoms with Crippen molar-refractivity contribution in [2.24, 2.45) is 0 Å². The minimum absolute atomic E-state index is 0.271. The predicted molar refractivity (Wildman–Crippen MR) is 64.6 cm³/mol. The van der Waals surface area contributed by atoms with Gasteiger partial charge >= 0.3 is 5.97 Å². The number of nitrogens with one attached hydrogen (secondary N) is 1. The Kier molecular flexibility index (Phi) is 3.57. The van der Waals surface area contributed by atoms with Gasteiger partial charge in [-0.1, -0.05) is 5.16 Å². The molecule has 2 N–H and O–H groups in total. The average molecular weight is 247 g/mol. The minimum Gasteiger partial charge on any atom is -0.478 e. The molecule has 0 aliphatic rings. The molecule has 2 rings (SSSR count). The predicted octanol–water partition coefficient (Wildman–Crippen LogP) is 1.73. The molecule has 0 atom stereocenters. The maximum absolute atomic E-state index is 10.7. The van der Waals surface area contributed by atoms with Crippen LogP contribution in [0.2, 0.25) is 0 Å². The van der Waals surface area contributed by atoms with E-state index >= 15 is 0 Å². The third kappa shape index (κ3) is 3.07. The van der Waals surface area contributed by atoms with Crippen molar-refractivity contribution in [2.75, 3.05) is 11.9 Å². The van der Waals surface area contributed by atoms with Crippen LogP contribution < -0.4 is 5.32 Å². The van der Waals surface area contributed by atoms with Gasteiger partial charge in [0.25, 0.3) is 0 Å². The summed E-state index contributed by atoms with van der Waals surface area (Å²) >= 11 is 0. The van der Waals surface area contributed by atoms with E-state index in [0.717, 1.165) is 5.69 Å². The van der Waals surface area contributed by atoms with Crippen LogP contribution >= 0.6 is 0 Å². The second kappa shape index (κ2) is 5.31. The van der Waals surface area contributed by atoms with Gasteiger partial charge in [0.2, 0.25) is 5.89 Å². The van der Waals surface area contributed by atoms with Gasteiger partial charge in [0.15, 0.2) is 5.82 Å². The molecule has 18 heavy (non-hydrogen) atoms. The van der Waals surface area contributed by atoms with Gasteiger partial charge in [-0.15, -0.1) is 0 Å². The van der Waals surface area contributed by atoms with Gasteiger partial charge in [-0.2, -0.15) is 4.98 Å². The van der Waals surface area contributed by atoms with Crippen LogP contribution in [0.1, 0.15) is 22.1 Å². The van der Waals surface area contributed by atoms with Crippen molar-refractivity contribution in [3.63, 3.8) is 0 Å². The Morgan fingerprint density at radius 3 is 2.67 bits per heavy atom. The van der Waals surface area contributed by atoms with Crippen molar-refractivity contribution in [2.45, 2.75) is 13.3 Å². The van der Waals surface area contributed by atoms with Crippen molar-refractivity contribution in [1.82, 2.24) is 10.1 Å². The summed E-state index contributed by atoms with van der Waals surface area (Å²) in [6.07, 6.45) is 0.627. The minimum atomic E-state index is -0.928. The molecule has 0 saturated heterocycles. The van der Waals surface area contributed by atoms with Gasteiger partial charge in [-0.25, -0.2) is 4.79 Å². The fourth-order valence-electron chi connectivity index (χ4n) is 1.49. The smallest absolute Gasteiger partial charge is 0.335 e. The normalized spacial score (nSPS) is 10.3. The second-order valence-electron chi connectivity index (χ2n) is 3.79. The molecule has 0 unspecified atom stereocenters. The maximum Gasteiger partial charge on any atom is 0.335 e. The van der Waals surface area contributed by atoms with Crippen LogP contribution in [0.4, 0.5) is 5.69 Å². The molecule has 6 nitrogen and oxygen atoms in total. The van der Waals surface area contributed by atoms with E-state index in [0.29, 0.717) is 24.7 Å². The number of hydrogen-bond donors (Lipinski definition) is 2. The lowest BCUT2D eigenvalue weighted by atomic mass is 10.2. The summed E-state index contributed by atoms with van der Waals surface area (Å²) in [6, 6.07) is 6.56. The number of aromatic nitrogens is 2. The number of hydrogen-bond acceptors (Lipinski definition) is 5. The first-order valence-corrected chi connectivity index (χ1v) is 5.51. The van der Waals surface area contributed by atoms with E-state index in [-0.39, 0.29) is 5.56 Å². The third-order valence-corrected chi connectivity index (χ3v) is 2.37. The molecule has 0 aliphatic carbocycles. The summed E-state index contributed by atoms with van der Waals surface area (Å²) in [5.74, 6) is 0.279. The summed E-state index contributed by atoms with van der Waals surface area (Å²) in [5.41, 5.74) is 1.13. The molecule has 1 aromatic heterocycles. The highest BCUT2D eigenvalue weighted by atomic mass is 16.5. The van der Waals surface area contributed by atoms with Crippen LogP contribution in [0.25, 0.3) is 0 Å². The van der Waals surface area contributed by atoms with Crippen molar-refractivity contribution >= 4 is 11.7 Å². The number of aromatic carboxylic acids is 1. The molecule has 0 bridgehead atoms. The van der Waals surface area contributed by atoms with Gasteiger partial charge in [0, 0.05) is 18.7 Å².